The maximum Gasteiger partial charge on any atom is 0.249 e. The summed E-state index contributed by atoms with van der Waals surface area (Å²) >= 11 is 0. The summed E-state index contributed by atoms with van der Waals surface area (Å²) in [5, 5.41) is 10.3. The van der Waals surface area contributed by atoms with Crippen LogP contribution in [0.2, 0.25) is 0 Å². The van der Waals surface area contributed by atoms with Gasteiger partial charge in [-0.3, -0.25) is 14.4 Å². The van der Waals surface area contributed by atoms with E-state index in [1.807, 2.05) is 32.6 Å². The van der Waals surface area contributed by atoms with Crippen molar-refractivity contribution in [1.29, 1.82) is 0 Å². The number of hydrogen-bond donors (Lipinski definition) is 1. The number of ether oxygens (including phenoxy) is 1. The summed E-state index contributed by atoms with van der Waals surface area (Å²) in [5.41, 5.74) is -2.55. The highest BCUT2D eigenvalue weighted by Gasteiger charge is 2.79. The quantitative estimate of drug-likeness (QED) is 0.413. The molecule has 0 aromatic heterocycles. The first-order valence-corrected chi connectivity index (χ1v) is 14.0. The van der Waals surface area contributed by atoms with Gasteiger partial charge in [0.15, 0.2) is 0 Å². The standard InChI is InChI=1S/C30H49N3O5/c1-11-16-31(10)24(35)21-22-25(36)33(20(13-3)18-34)23(30(22)15-14-29(21,9)38-30)26(37)32(17-12-2)28(7,8)19-27(4,5)6/h11-12,20-23,34H,1-2,13-19H2,3-10H3/t20-,21-,22-,23?,29+,30?/m0/s1. The van der Waals surface area contributed by atoms with E-state index >= 15 is 0 Å². The second-order valence-electron chi connectivity index (χ2n) is 13.5. The molecule has 0 aromatic rings. The van der Waals surface area contributed by atoms with Gasteiger partial charge in [-0.1, -0.05) is 39.8 Å². The number of nitrogens with zero attached hydrogens (tertiary/aromatic N) is 3. The van der Waals surface area contributed by atoms with Crippen molar-refractivity contribution >= 4 is 17.7 Å². The summed E-state index contributed by atoms with van der Waals surface area (Å²) in [5.74, 6) is -2.15. The molecule has 3 fully saturated rings. The zero-order valence-electron chi connectivity index (χ0n) is 24.7. The van der Waals surface area contributed by atoms with Gasteiger partial charge in [0.2, 0.25) is 17.7 Å². The predicted molar refractivity (Wildman–Crippen MR) is 148 cm³/mol. The van der Waals surface area contributed by atoms with Crippen molar-refractivity contribution in [3.05, 3.63) is 25.3 Å². The summed E-state index contributed by atoms with van der Waals surface area (Å²) < 4.78 is 6.76. The topological polar surface area (TPSA) is 90.4 Å². The Kier molecular flexibility index (Phi) is 8.32. The van der Waals surface area contributed by atoms with Crippen molar-refractivity contribution in [2.75, 3.05) is 26.7 Å². The molecule has 2 unspecified atom stereocenters. The molecule has 1 spiro atoms. The highest BCUT2D eigenvalue weighted by Crippen LogP contribution is 2.64. The Hall–Kier alpha value is -2.19. The fraction of sp³-hybridized carbons (Fsp3) is 0.767. The average Bonchev–Trinajstić information content (AvgIpc) is 3.37. The molecule has 0 radical (unpaired) electrons. The molecular formula is C30H49N3O5. The Balaban J connectivity index is 2.17. The summed E-state index contributed by atoms with van der Waals surface area (Å²) in [6.45, 7) is 22.4. The van der Waals surface area contributed by atoms with Crippen LogP contribution in [0, 0.1) is 17.3 Å². The molecule has 3 heterocycles. The number of aliphatic hydroxyl groups is 1. The fourth-order valence-corrected chi connectivity index (χ4v) is 7.65. The number of likely N-dealkylation sites (tertiary alicyclic amines) is 1. The monoisotopic (exact) mass is 531 g/mol. The Morgan fingerprint density at radius 3 is 2.26 bits per heavy atom. The average molecular weight is 532 g/mol. The van der Waals surface area contributed by atoms with Crippen LogP contribution in [0.4, 0.5) is 0 Å². The van der Waals surface area contributed by atoms with E-state index in [2.05, 4.69) is 33.9 Å². The molecule has 38 heavy (non-hydrogen) atoms. The first-order chi connectivity index (χ1) is 17.5. The lowest BCUT2D eigenvalue weighted by Crippen LogP contribution is -2.62. The number of amides is 3. The van der Waals surface area contributed by atoms with E-state index in [1.54, 1.807) is 29.0 Å². The molecule has 0 aromatic carbocycles. The van der Waals surface area contributed by atoms with E-state index < -0.39 is 40.7 Å². The van der Waals surface area contributed by atoms with E-state index in [9.17, 15) is 19.5 Å². The minimum Gasteiger partial charge on any atom is -0.394 e. The summed E-state index contributed by atoms with van der Waals surface area (Å²) in [6.07, 6.45) is 5.67. The number of hydrogen-bond acceptors (Lipinski definition) is 5. The van der Waals surface area contributed by atoms with Gasteiger partial charge < -0.3 is 24.5 Å². The van der Waals surface area contributed by atoms with Crippen LogP contribution in [0.3, 0.4) is 0 Å². The fourth-order valence-electron chi connectivity index (χ4n) is 7.65. The minimum absolute atomic E-state index is 0.0463. The lowest BCUT2D eigenvalue weighted by atomic mass is 9.66. The highest BCUT2D eigenvalue weighted by molar-refractivity contribution is 5.99. The van der Waals surface area contributed by atoms with Crippen molar-refractivity contribution in [3.8, 4) is 0 Å². The molecule has 3 saturated heterocycles. The number of carbonyl (C=O) groups is 3. The maximum absolute atomic E-state index is 14.7. The van der Waals surface area contributed by atoms with Crippen LogP contribution in [-0.4, -0.2) is 93.1 Å². The second kappa shape index (κ2) is 10.4. The smallest absolute Gasteiger partial charge is 0.249 e. The number of likely N-dealkylation sites (N-methyl/N-ethyl adjacent to an activating group) is 1. The van der Waals surface area contributed by atoms with Gasteiger partial charge in [0.25, 0.3) is 0 Å². The van der Waals surface area contributed by atoms with Crippen molar-refractivity contribution in [2.45, 2.75) is 103 Å². The third-order valence-electron chi connectivity index (χ3n) is 8.84. The lowest BCUT2D eigenvalue weighted by molar-refractivity contribution is -0.159. The summed E-state index contributed by atoms with van der Waals surface area (Å²) in [4.78, 5) is 47.7. The van der Waals surface area contributed by atoms with Gasteiger partial charge in [0.1, 0.15) is 11.6 Å². The minimum atomic E-state index is -1.13. The molecule has 8 heteroatoms. The largest absolute Gasteiger partial charge is 0.394 e. The molecule has 214 valence electrons. The summed E-state index contributed by atoms with van der Waals surface area (Å²) in [6, 6.07) is -1.48. The third-order valence-corrected chi connectivity index (χ3v) is 8.84. The number of carbonyl (C=O) groups excluding carboxylic acids is 3. The molecule has 3 aliphatic rings. The van der Waals surface area contributed by atoms with Crippen molar-refractivity contribution in [1.82, 2.24) is 14.7 Å². The first kappa shape index (κ1) is 30.4. The predicted octanol–water partition coefficient (Wildman–Crippen LogP) is 3.40. The van der Waals surface area contributed by atoms with Crippen molar-refractivity contribution < 1.29 is 24.2 Å². The van der Waals surface area contributed by atoms with Gasteiger partial charge in [-0.05, 0) is 51.9 Å². The molecule has 0 saturated carbocycles. The van der Waals surface area contributed by atoms with Gasteiger partial charge in [-0.15, -0.1) is 13.2 Å². The van der Waals surface area contributed by atoms with Gasteiger partial charge in [0.05, 0.1) is 30.1 Å². The highest BCUT2D eigenvalue weighted by atomic mass is 16.5. The zero-order valence-corrected chi connectivity index (χ0v) is 24.7. The molecular weight excluding hydrogens is 482 g/mol. The third kappa shape index (κ3) is 4.83. The molecule has 3 aliphatic heterocycles. The van der Waals surface area contributed by atoms with Crippen LogP contribution < -0.4 is 0 Å². The number of rotatable bonds is 11. The van der Waals surface area contributed by atoms with E-state index in [4.69, 9.17) is 4.74 Å². The van der Waals surface area contributed by atoms with Gasteiger partial charge >= 0.3 is 0 Å². The van der Waals surface area contributed by atoms with Crippen molar-refractivity contribution in [2.24, 2.45) is 17.3 Å². The number of fused-ring (bicyclic) bond motifs is 1. The van der Waals surface area contributed by atoms with Crippen molar-refractivity contribution in [3.63, 3.8) is 0 Å². The SMILES string of the molecule is C=CCN(C)C(=O)[C@@H]1[C@H]2C(=O)N([C@@H](CC)CO)C(C(=O)N(CC=C)C(C)(C)CC(C)(C)C)C23CC[C@@]1(C)O3. The van der Waals surface area contributed by atoms with E-state index in [0.29, 0.717) is 32.4 Å². The summed E-state index contributed by atoms with van der Waals surface area (Å²) in [7, 11) is 1.70. The van der Waals surface area contributed by atoms with Crippen LogP contribution in [0.1, 0.15) is 74.1 Å². The normalized spacial score (nSPS) is 31.2. The van der Waals surface area contributed by atoms with Gasteiger partial charge in [-0.25, -0.2) is 0 Å². The van der Waals surface area contributed by atoms with Crippen LogP contribution in [0.15, 0.2) is 25.3 Å². The van der Waals surface area contributed by atoms with Crippen LogP contribution in [0.5, 0.6) is 0 Å². The molecule has 1 N–H and O–H groups in total. The van der Waals surface area contributed by atoms with E-state index in [1.165, 1.54) is 0 Å². The molecule has 0 aliphatic carbocycles. The molecule has 6 atom stereocenters. The number of aliphatic hydroxyl groups excluding tert-OH is 1. The van der Waals surface area contributed by atoms with Crippen LogP contribution >= 0.6 is 0 Å². The van der Waals surface area contributed by atoms with Gasteiger partial charge in [-0.2, -0.15) is 0 Å². The second-order valence-corrected chi connectivity index (χ2v) is 13.5. The maximum atomic E-state index is 14.7. The molecule has 3 rings (SSSR count). The molecule has 3 amide bonds. The molecule has 8 nitrogen and oxygen atoms in total. The van der Waals surface area contributed by atoms with E-state index in [0.717, 1.165) is 6.42 Å². The Morgan fingerprint density at radius 1 is 1.16 bits per heavy atom. The molecule has 2 bridgehead atoms. The Bertz CT molecular complexity index is 967. The first-order valence-electron chi connectivity index (χ1n) is 14.0. The van der Waals surface area contributed by atoms with E-state index in [-0.39, 0.29) is 29.7 Å². The Morgan fingerprint density at radius 2 is 1.76 bits per heavy atom. The van der Waals surface area contributed by atoms with Crippen LogP contribution in [-0.2, 0) is 19.1 Å². The lowest BCUT2D eigenvalue weighted by Gasteiger charge is -2.46. The zero-order chi connectivity index (χ0) is 28.8. The Labute approximate surface area is 229 Å². The van der Waals surface area contributed by atoms with Crippen LogP contribution in [0.25, 0.3) is 0 Å². The van der Waals surface area contributed by atoms with Gasteiger partial charge in [0, 0.05) is 25.7 Å².